The van der Waals surface area contributed by atoms with Gasteiger partial charge in [-0.25, -0.2) is 4.79 Å². The Bertz CT molecular complexity index is 854. The van der Waals surface area contributed by atoms with Crippen molar-refractivity contribution >= 4 is 34.7 Å². The molecule has 0 saturated carbocycles. The summed E-state index contributed by atoms with van der Waals surface area (Å²) in [7, 11) is 0. The van der Waals surface area contributed by atoms with Gasteiger partial charge in [0.1, 0.15) is 6.61 Å². The predicted octanol–water partition coefficient (Wildman–Crippen LogP) is 3.72. The fourth-order valence-electron chi connectivity index (χ4n) is 2.85. The zero-order valence-electron chi connectivity index (χ0n) is 16.6. The van der Waals surface area contributed by atoms with Crippen LogP contribution in [0, 0.1) is 0 Å². The molecule has 7 nitrogen and oxygen atoms in total. The van der Waals surface area contributed by atoms with Crippen LogP contribution >= 0.6 is 12.2 Å². The summed E-state index contributed by atoms with van der Waals surface area (Å²) >= 11 is 5.34. The van der Waals surface area contributed by atoms with Crippen molar-refractivity contribution in [3.63, 3.8) is 0 Å². The first-order valence-corrected chi connectivity index (χ1v) is 9.97. The molecule has 0 atom stereocenters. The zero-order valence-corrected chi connectivity index (χ0v) is 17.4. The average molecular weight is 416 g/mol. The van der Waals surface area contributed by atoms with Crippen molar-refractivity contribution in [2.24, 2.45) is 0 Å². The van der Waals surface area contributed by atoms with E-state index in [0.29, 0.717) is 28.8 Å². The van der Waals surface area contributed by atoms with E-state index in [-0.39, 0.29) is 12.8 Å². The van der Waals surface area contributed by atoms with Crippen LogP contribution in [0.15, 0.2) is 42.5 Å². The summed E-state index contributed by atoms with van der Waals surface area (Å²) in [4.78, 5) is 14.4. The first kappa shape index (κ1) is 20.9. The molecule has 0 saturated heterocycles. The molecule has 0 aliphatic carbocycles. The van der Waals surface area contributed by atoms with E-state index in [0.717, 1.165) is 31.0 Å². The highest BCUT2D eigenvalue weighted by atomic mass is 32.1. The smallest absolute Gasteiger partial charge is 0.338 e. The maximum absolute atomic E-state index is 12.1. The van der Waals surface area contributed by atoms with E-state index in [9.17, 15) is 4.79 Å². The van der Waals surface area contributed by atoms with Crippen molar-refractivity contribution in [2.45, 2.75) is 13.8 Å². The minimum Gasteiger partial charge on any atom is -0.461 e. The number of rotatable bonds is 8. The van der Waals surface area contributed by atoms with E-state index < -0.39 is 0 Å². The molecule has 2 aromatic rings. The molecule has 0 bridgehead atoms. The lowest BCUT2D eigenvalue weighted by atomic mass is 10.2. The predicted molar refractivity (Wildman–Crippen MR) is 117 cm³/mol. The molecule has 2 N–H and O–H groups in total. The van der Waals surface area contributed by atoms with E-state index in [4.69, 9.17) is 26.4 Å². The number of carbonyl (C=O) groups excluding carboxylic acids is 1. The van der Waals surface area contributed by atoms with E-state index in [1.54, 1.807) is 24.3 Å². The zero-order chi connectivity index (χ0) is 20.6. The topological polar surface area (TPSA) is 72.1 Å². The number of esters is 1. The van der Waals surface area contributed by atoms with Gasteiger partial charge in [-0.15, -0.1) is 0 Å². The Morgan fingerprint density at radius 1 is 1.03 bits per heavy atom. The number of benzene rings is 2. The van der Waals surface area contributed by atoms with E-state index in [1.165, 1.54) is 0 Å². The number of ether oxygens (including phenoxy) is 3. The second-order valence-corrected chi connectivity index (χ2v) is 6.80. The van der Waals surface area contributed by atoms with Crippen molar-refractivity contribution in [3.8, 4) is 11.5 Å². The van der Waals surface area contributed by atoms with Crippen LogP contribution < -0.4 is 20.1 Å². The van der Waals surface area contributed by atoms with Gasteiger partial charge in [-0.2, -0.15) is 0 Å². The first-order chi connectivity index (χ1) is 14.1. The molecule has 0 radical (unpaired) electrons. The molecule has 1 heterocycles. The SMILES string of the molecule is CCN(CC)CCOC(=O)c1ccc(NC(=S)Nc2ccc3c(c2)OCO3)cc1. The number of likely N-dealkylation sites (N-methyl/N-ethyl adjacent to an activating group) is 1. The average Bonchev–Trinajstić information content (AvgIpc) is 3.19. The Kier molecular flexibility index (Phi) is 7.26. The minimum atomic E-state index is -0.329. The third-order valence-corrected chi connectivity index (χ3v) is 4.75. The molecule has 0 fully saturated rings. The van der Waals surface area contributed by atoms with Crippen LogP contribution in [0.4, 0.5) is 11.4 Å². The number of nitrogens with zero attached hydrogens (tertiary/aromatic N) is 1. The molecule has 1 aliphatic rings. The van der Waals surface area contributed by atoms with Crippen LogP contribution in [0.2, 0.25) is 0 Å². The second kappa shape index (κ2) is 10.1. The normalized spacial score (nSPS) is 12.0. The first-order valence-electron chi connectivity index (χ1n) is 9.56. The van der Waals surface area contributed by atoms with E-state index in [1.807, 2.05) is 18.2 Å². The molecule has 29 heavy (non-hydrogen) atoms. The molecule has 0 unspecified atom stereocenters. The summed E-state index contributed by atoms with van der Waals surface area (Å²) in [6.07, 6.45) is 0. The number of fused-ring (bicyclic) bond motifs is 1. The van der Waals surface area contributed by atoms with Crippen molar-refractivity contribution in [2.75, 3.05) is 43.7 Å². The number of thiocarbonyl (C=S) groups is 1. The van der Waals surface area contributed by atoms with Crippen molar-refractivity contribution < 1.29 is 19.0 Å². The van der Waals surface area contributed by atoms with E-state index in [2.05, 4.69) is 29.4 Å². The van der Waals surface area contributed by atoms with Gasteiger partial charge in [-0.05, 0) is 61.7 Å². The lowest BCUT2D eigenvalue weighted by molar-refractivity contribution is 0.0466. The van der Waals surface area contributed by atoms with Gasteiger partial charge in [0.05, 0.1) is 5.56 Å². The van der Waals surface area contributed by atoms with Crippen molar-refractivity contribution in [3.05, 3.63) is 48.0 Å². The molecule has 8 heteroatoms. The quantitative estimate of drug-likeness (QED) is 0.499. The fourth-order valence-corrected chi connectivity index (χ4v) is 3.08. The molecule has 2 aromatic carbocycles. The lowest BCUT2D eigenvalue weighted by Crippen LogP contribution is -2.27. The number of hydrogen-bond donors (Lipinski definition) is 2. The minimum absolute atomic E-state index is 0.228. The van der Waals surface area contributed by atoms with Gasteiger partial charge in [0.15, 0.2) is 16.6 Å². The highest BCUT2D eigenvalue weighted by Gasteiger charge is 2.13. The van der Waals surface area contributed by atoms with E-state index >= 15 is 0 Å². The molecule has 1 aliphatic heterocycles. The van der Waals surface area contributed by atoms with Crippen LogP contribution in [0.1, 0.15) is 24.2 Å². The molecule has 0 spiro atoms. The van der Waals surface area contributed by atoms with Crippen molar-refractivity contribution in [1.82, 2.24) is 4.90 Å². The van der Waals surface area contributed by atoms with Crippen molar-refractivity contribution in [1.29, 1.82) is 0 Å². The molecular formula is C21H25N3O4S. The Labute approximate surface area is 175 Å². The van der Waals surface area contributed by atoms with Gasteiger partial charge in [0, 0.05) is 24.0 Å². The molecule has 3 rings (SSSR count). The van der Waals surface area contributed by atoms with Gasteiger partial charge < -0.3 is 29.7 Å². The number of nitrogens with one attached hydrogen (secondary N) is 2. The third kappa shape index (κ3) is 5.82. The third-order valence-electron chi connectivity index (χ3n) is 4.54. The van der Waals surface area contributed by atoms with Crippen LogP contribution in [0.5, 0.6) is 11.5 Å². The summed E-state index contributed by atoms with van der Waals surface area (Å²) in [5, 5.41) is 6.61. The van der Waals surface area contributed by atoms with Gasteiger partial charge in [-0.1, -0.05) is 13.8 Å². The molecule has 0 amide bonds. The van der Waals surface area contributed by atoms with Gasteiger partial charge in [0.25, 0.3) is 0 Å². The summed E-state index contributed by atoms with van der Waals surface area (Å²) in [6.45, 7) is 7.39. The van der Waals surface area contributed by atoms with Crippen LogP contribution in [0.25, 0.3) is 0 Å². The summed E-state index contributed by atoms with van der Waals surface area (Å²) in [5.41, 5.74) is 2.06. The summed E-state index contributed by atoms with van der Waals surface area (Å²) < 4.78 is 16.0. The highest BCUT2D eigenvalue weighted by molar-refractivity contribution is 7.80. The second-order valence-electron chi connectivity index (χ2n) is 6.39. The Morgan fingerprint density at radius 2 is 1.69 bits per heavy atom. The number of anilines is 2. The molecular weight excluding hydrogens is 390 g/mol. The molecule has 154 valence electrons. The number of hydrogen-bond acceptors (Lipinski definition) is 6. The number of carbonyl (C=O) groups is 1. The van der Waals surface area contributed by atoms with Gasteiger partial charge >= 0.3 is 5.97 Å². The summed E-state index contributed by atoms with van der Waals surface area (Å²) in [6, 6.07) is 12.5. The highest BCUT2D eigenvalue weighted by Crippen LogP contribution is 2.34. The maximum atomic E-state index is 12.1. The summed E-state index contributed by atoms with van der Waals surface area (Å²) in [5.74, 6) is 1.07. The van der Waals surface area contributed by atoms with Gasteiger partial charge in [-0.3, -0.25) is 0 Å². The Hall–Kier alpha value is -2.84. The van der Waals surface area contributed by atoms with Gasteiger partial charge in [0.2, 0.25) is 6.79 Å². The maximum Gasteiger partial charge on any atom is 0.338 e. The monoisotopic (exact) mass is 415 g/mol. The lowest BCUT2D eigenvalue weighted by Gasteiger charge is -2.17. The van der Waals surface area contributed by atoms with Crippen LogP contribution in [-0.2, 0) is 4.74 Å². The largest absolute Gasteiger partial charge is 0.461 e. The van der Waals surface area contributed by atoms with Crippen LogP contribution in [0.3, 0.4) is 0 Å². The Balaban J connectivity index is 1.48. The fraction of sp³-hybridized carbons (Fsp3) is 0.333. The van der Waals surface area contributed by atoms with Crippen LogP contribution in [-0.4, -0.2) is 49.0 Å². The Morgan fingerprint density at radius 3 is 2.41 bits per heavy atom. The molecule has 0 aromatic heterocycles. The standard InChI is InChI=1S/C21H25N3O4S/c1-3-24(4-2)11-12-26-20(25)15-5-7-16(8-6-15)22-21(29)23-17-9-10-18-19(13-17)28-14-27-18/h5-10,13H,3-4,11-12,14H2,1-2H3,(H2,22,23,29).